The largest absolute Gasteiger partial charge is 0.478 e. The van der Waals surface area contributed by atoms with E-state index in [1.165, 1.54) is 12.3 Å². The molecule has 112 valence electrons. The van der Waals surface area contributed by atoms with Gasteiger partial charge in [0.25, 0.3) is 5.91 Å². The zero-order chi connectivity index (χ0) is 15.5. The predicted molar refractivity (Wildman–Crippen MR) is 84.2 cm³/mol. The maximum atomic E-state index is 12.0. The van der Waals surface area contributed by atoms with Crippen LogP contribution in [0.3, 0.4) is 0 Å². The van der Waals surface area contributed by atoms with Gasteiger partial charge in [0.2, 0.25) is 5.43 Å². The summed E-state index contributed by atoms with van der Waals surface area (Å²) in [5.41, 5.74) is 2.12. The number of aromatic nitrogens is 2. The number of ether oxygens (including phenoxy) is 1. The maximum absolute atomic E-state index is 12.0. The minimum absolute atomic E-state index is 0.126. The van der Waals surface area contributed by atoms with E-state index < -0.39 is 0 Å². The van der Waals surface area contributed by atoms with Crippen LogP contribution in [0.1, 0.15) is 5.69 Å². The van der Waals surface area contributed by atoms with Crippen LogP contribution in [0.5, 0.6) is 5.75 Å². The molecule has 0 saturated heterocycles. The normalized spacial score (nSPS) is 10.6. The number of nitrogens with one attached hydrogen (secondary N) is 3. The Bertz CT molecular complexity index is 879. The van der Waals surface area contributed by atoms with E-state index in [4.69, 9.17) is 4.74 Å². The van der Waals surface area contributed by atoms with Gasteiger partial charge in [0.15, 0.2) is 12.4 Å². The number of amides is 1. The van der Waals surface area contributed by atoms with E-state index in [2.05, 4.69) is 15.3 Å². The first-order valence-corrected chi connectivity index (χ1v) is 6.81. The summed E-state index contributed by atoms with van der Waals surface area (Å²) in [7, 11) is 0. The monoisotopic (exact) mass is 297 g/mol. The van der Waals surface area contributed by atoms with Gasteiger partial charge in [-0.25, -0.2) is 0 Å². The van der Waals surface area contributed by atoms with Crippen LogP contribution in [-0.4, -0.2) is 22.5 Å². The van der Waals surface area contributed by atoms with E-state index in [-0.39, 0.29) is 23.7 Å². The van der Waals surface area contributed by atoms with Crippen molar-refractivity contribution in [3.8, 4) is 5.75 Å². The van der Waals surface area contributed by atoms with Crippen molar-refractivity contribution < 1.29 is 9.53 Å². The molecule has 0 radical (unpaired) electrons. The molecule has 0 fully saturated rings. The van der Waals surface area contributed by atoms with Crippen molar-refractivity contribution in [2.45, 2.75) is 6.92 Å². The van der Waals surface area contributed by atoms with Crippen LogP contribution in [0.2, 0.25) is 0 Å². The summed E-state index contributed by atoms with van der Waals surface area (Å²) in [6.45, 7) is 1.54. The molecule has 0 aliphatic heterocycles. The van der Waals surface area contributed by atoms with E-state index in [0.717, 1.165) is 16.6 Å². The van der Waals surface area contributed by atoms with E-state index in [1.807, 2.05) is 30.5 Å². The third-order valence-electron chi connectivity index (χ3n) is 3.25. The third kappa shape index (κ3) is 2.85. The summed E-state index contributed by atoms with van der Waals surface area (Å²) in [5.74, 6) is -0.200. The molecule has 0 bridgehead atoms. The Kier molecular flexibility index (Phi) is 3.65. The van der Waals surface area contributed by atoms with Crippen molar-refractivity contribution in [3.63, 3.8) is 0 Å². The molecule has 0 unspecified atom stereocenters. The lowest BCUT2D eigenvalue weighted by molar-refractivity contribution is -0.118. The van der Waals surface area contributed by atoms with Gasteiger partial charge in [0.1, 0.15) is 0 Å². The van der Waals surface area contributed by atoms with Gasteiger partial charge in [-0.15, -0.1) is 0 Å². The lowest BCUT2D eigenvalue weighted by atomic mass is 10.2. The SMILES string of the molecule is Cc1cc(=O)c(OCC(=O)Nc2cccc3[nH]ccc23)c[nH]1. The summed E-state index contributed by atoms with van der Waals surface area (Å²) >= 11 is 0. The fourth-order valence-electron chi connectivity index (χ4n) is 2.20. The molecule has 3 aromatic rings. The Morgan fingerprint density at radius 3 is 2.95 bits per heavy atom. The molecular formula is C16H15N3O3. The molecule has 0 aliphatic carbocycles. The highest BCUT2D eigenvalue weighted by Crippen LogP contribution is 2.21. The Morgan fingerprint density at radius 1 is 1.27 bits per heavy atom. The molecule has 0 saturated carbocycles. The lowest BCUT2D eigenvalue weighted by Crippen LogP contribution is -2.22. The van der Waals surface area contributed by atoms with Crippen molar-refractivity contribution in [2.75, 3.05) is 11.9 Å². The van der Waals surface area contributed by atoms with E-state index in [9.17, 15) is 9.59 Å². The minimum Gasteiger partial charge on any atom is -0.478 e. The van der Waals surface area contributed by atoms with Crippen molar-refractivity contribution in [1.29, 1.82) is 0 Å². The summed E-state index contributed by atoms with van der Waals surface area (Å²) in [5, 5.41) is 3.70. The fraction of sp³-hybridized carbons (Fsp3) is 0.125. The average molecular weight is 297 g/mol. The molecule has 1 aromatic carbocycles. The van der Waals surface area contributed by atoms with Gasteiger partial charge in [-0.3, -0.25) is 9.59 Å². The molecule has 6 nitrogen and oxygen atoms in total. The van der Waals surface area contributed by atoms with Crippen molar-refractivity contribution in [3.05, 3.63) is 58.6 Å². The number of H-pyrrole nitrogens is 2. The first kappa shape index (κ1) is 13.9. The van der Waals surface area contributed by atoms with E-state index in [1.54, 1.807) is 6.92 Å². The number of fused-ring (bicyclic) bond motifs is 1. The van der Waals surface area contributed by atoms with Crippen LogP contribution in [-0.2, 0) is 4.79 Å². The number of hydrogen-bond donors (Lipinski definition) is 3. The standard InChI is InChI=1S/C16H15N3O3/c1-10-7-14(20)15(8-18-10)22-9-16(21)19-13-4-2-3-12-11(13)5-6-17-12/h2-8,17H,9H2,1H3,(H,18,20)(H,19,21). The molecule has 1 amide bonds. The fourth-order valence-corrected chi connectivity index (χ4v) is 2.20. The molecule has 6 heteroatoms. The topological polar surface area (TPSA) is 87.0 Å². The van der Waals surface area contributed by atoms with Gasteiger partial charge in [-0.2, -0.15) is 0 Å². The number of benzene rings is 1. The van der Waals surface area contributed by atoms with Crippen LogP contribution in [0.25, 0.3) is 10.9 Å². The number of hydrogen-bond acceptors (Lipinski definition) is 3. The highest BCUT2D eigenvalue weighted by molar-refractivity contribution is 6.01. The van der Waals surface area contributed by atoms with Crippen molar-refractivity contribution in [2.24, 2.45) is 0 Å². The Labute approximate surface area is 126 Å². The molecule has 3 N–H and O–H groups in total. The van der Waals surface area contributed by atoms with Gasteiger partial charge >= 0.3 is 0 Å². The van der Waals surface area contributed by atoms with Crippen LogP contribution >= 0.6 is 0 Å². The van der Waals surface area contributed by atoms with Crippen LogP contribution in [0.15, 0.2) is 47.5 Å². The first-order valence-electron chi connectivity index (χ1n) is 6.81. The van der Waals surface area contributed by atoms with Gasteiger partial charge in [0.05, 0.1) is 5.69 Å². The quantitative estimate of drug-likeness (QED) is 0.690. The van der Waals surface area contributed by atoms with Crippen molar-refractivity contribution in [1.82, 2.24) is 9.97 Å². The Morgan fingerprint density at radius 2 is 2.14 bits per heavy atom. The van der Waals surface area contributed by atoms with Gasteiger partial charge in [-0.1, -0.05) is 6.07 Å². The summed E-state index contributed by atoms with van der Waals surface area (Å²) in [6.07, 6.45) is 3.26. The smallest absolute Gasteiger partial charge is 0.262 e. The number of pyridine rings is 1. The first-order chi connectivity index (χ1) is 10.6. The summed E-state index contributed by atoms with van der Waals surface area (Å²) < 4.78 is 5.26. The molecular weight excluding hydrogens is 282 g/mol. The van der Waals surface area contributed by atoms with Crippen molar-refractivity contribution >= 4 is 22.5 Å². The van der Waals surface area contributed by atoms with Crippen LogP contribution in [0.4, 0.5) is 5.69 Å². The number of rotatable bonds is 4. The van der Waals surface area contributed by atoms with Gasteiger partial charge in [0, 0.05) is 35.1 Å². The number of carbonyl (C=O) groups is 1. The molecule has 3 rings (SSSR count). The van der Waals surface area contributed by atoms with Crippen LogP contribution < -0.4 is 15.5 Å². The Balaban J connectivity index is 1.68. The minimum atomic E-state index is -0.325. The molecule has 0 atom stereocenters. The molecule has 0 spiro atoms. The third-order valence-corrected chi connectivity index (χ3v) is 3.25. The second kappa shape index (κ2) is 5.77. The molecule has 0 aliphatic rings. The Hall–Kier alpha value is -3.02. The van der Waals surface area contributed by atoms with E-state index >= 15 is 0 Å². The number of anilines is 1. The maximum Gasteiger partial charge on any atom is 0.262 e. The summed E-state index contributed by atoms with van der Waals surface area (Å²) in [6, 6.07) is 8.89. The number of aromatic amines is 2. The van der Waals surface area contributed by atoms with Gasteiger partial charge < -0.3 is 20.0 Å². The lowest BCUT2D eigenvalue weighted by Gasteiger charge is -2.08. The summed E-state index contributed by atoms with van der Waals surface area (Å²) in [4.78, 5) is 29.6. The van der Waals surface area contributed by atoms with E-state index in [0.29, 0.717) is 5.69 Å². The second-order valence-corrected chi connectivity index (χ2v) is 4.93. The second-order valence-electron chi connectivity index (χ2n) is 4.93. The zero-order valence-corrected chi connectivity index (χ0v) is 12.0. The highest BCUT2D eigenvalue weighted by Gasteiger charge is 2.08. The average Bonchev–Trinajstić information content (AvgIpc) is 2.96. The van der Waals surface area contributed by atoms with Gasteiger partial charge in [-0.05, 0) is 25.1 Å². The predicted octanol–water partition coefficient (Wildman–Crippen LogP) is 2.18. The molecule has 22 heavy (non-hydrogen) atoms. The highest BCUT2D eigenvalue weighted by atomic mass is 16.5. The number of carbonyl (C=O) groups excluding carboxylic acids is 1. The zero-order valence-electron chi connectivity index (χ0n) is 12.0. The molecule has 2 heterocycles. The van der Waals surface area contributed by atoms with Crippen LogP contribution in [0, 0.1) is 6.92 Å². The molecule has 2 aromatic heterocycles. The number of aryl methyl sites for hydroxylation is 1.